The lowest BCUT2D eigenvalue weighted by atomic mass is 10.2. The zero-order valence-corrected chi connectivity index (χ0v) is 10.7. The van der Waals surface area contributed by atoms with E-state index < -0.39 is 12.1 Å². The number of anilines is 1. The Morgan fingerprint density at radius 1 is 1.30 bits per heavy atom. The fourth-order valence-corrected chi connectivity index (χ4v) is 2.77. The van der Waals surface area contributed by atoms with E-state index in [4.69, 9.17) is 5.73 Å². The molecule has 1 aliphatic carbocycles. The van der Waals surface area contributed by atoms with Gasteiger partial charge in [0.15, 0.2) is 0 Å². The molecule has 0 radical (unpaired) electrons. The number of carbonyl (C=O) groups is 2. The van der Waals surface area contributed by atoms with Gasteiger partial charge in [0.25, 0.3) is 5.91 Å². The van der Waals surface area contributed by atoms with Gasteiger partial charge in [0.1, 0.15) is 11.9 Å². The van der Waals surface area contributed by atoms with Crippen LogP contribution in [0, 0.1) is 17.7 Å². The summed E-state index contributed by atoms with van der Waals surface area (Å²) in [7, 11) is 0. The number of fused-ring (bicyclic) bond motifs is 1. The molecule has 1 aromatic carbocycles. The second-order valence-electron chi connectivity index (χ2n) is 5.22. The predicted molar refractivity (Wildman–Crippen MR) is 69.8 cm³/mol. The molecule has 6 nitrogen and oxygen atoms in total. The molecule has 106 valence electrons. The van der Waals surface area contributed by atoms with Crippen LogP contribution < -0.4 is 16.6 Å². The number of benzene rings is 1. The van der Waals surface area contributed by atoms with Gasteiger partial charge in [-0.3, -0.25) is 15.6 Å². The molecule has 3 unspecified atom stereocenters. The SMILES string of the molecule is NC(=O)N1CC2CC2C1C(=O)NNc1ccc(F)cc1. The average Bonchev–Trinajstić information content (AvgIpc) is 3.08. The minimum absolute atomic E-state index is 0.206. The number of urea groups is 1. The number of piperidine rings is 1. The number of hydrogen-bond donors (Lipinski definition) is 3. The van der Waals surface area contributed by atoms with Gasteiger partial charge in [0, 0.05) is 6.54 Å². The van der Waals surface area contributed by atoms with Gasteiger partial charge in [-0.05, 0) is 42.5 Å². The lowest BCUT2D eigenvalue weighted by molar-refractivity contribution is -0.124. The molecule has 4 N–H and O–H groups in total. The van der Waals surface area contributed by atoms with Gasteiger partial charge in [-0.15, -0.1) is 0 Å². The second kappa shape index (κ2) is 4.66. The Hall–Kier alpha value is -2.31. The largest absolute Gasteiger partial charge is 0.351 e. The number of rotatable bonds is 3. The van der Waals surface area contributed by atoms with E-state index in [2.05, 4.69) is 10.9 Å². The maximum absolute atomic E-state index is 12.8. The topological polar surface area (TPSA) is 87.5 Å². The summed E-state index contributed by atoms with van der Waals surface area (Å²) in [5, 5.41) is 0. The van der Waals surface area contributed by atoms with Crippen molar-refractivity contribution in [1.29, 1.82) is 0 Å². The van der Waals surface area contributed by atoms with Gasteiger partial charge < -0.3 is 10.6 Å². The van der Waals surface area contributed by atoms with E-state index in [1.54, 1.807) is 0 Å². The molecule has 2 fully saturated rings. The number of amides is 3. The van der Waals surface area contributed by atoms with Gasteiger partial charge in [-0.1, -0.05) is 0 Å². The fraction of sp³-hybridized carbons (Fsp3) is 0.385. The number of nitrogens with zero attached hydrogens (tertiary/aromatic N) is 1. The van der Waals surface area contributed by atoms with Gasteiger partial charge in [0.05, 0.1) is 5.69 Å². The first-order chi connectivity index (χ1) is 9.56. The Morgan fingerprint density at radius 2 is 2.00 bits per heavy atom. The van der Waals surface area contributed by atoms with Crippen LogP contribution in [0.5, 0.6) is 0 Å². The standard InChI is InChI=1S/C13H15FN4O2/c14-8-1-3-9(4-2-8)16-17-12(19)11-10-5-7(10)6-18(11)13(15)20/h1-4,7,10-11,16H,5-6H2,(H2,15,20)(H,17,19). The zero-order chi connectivity index (χ0) is 14.3. The second-order valence-corrected chi connectivity index (χ2v) is 5.22. The number of nitrogens with two attached hydrogens (primary N) is 1. The molecule has 0 aromatic heterocycles. The minimum atomic E-state index is -0.570. The van der Waals surface area contributed by atoms with Crippen molar-refractivity contribution in [1.82, 2.24) is 10.3 Å². The van der Waals surface area contributed by atoms with Crippen molar-refractivity contribution in [3.8, 4) is 0 Å². The maximum atomic E-state index is 12.8. The minimum Gasteiger partial charge on any atom is -0.351 e. The molecule has 1 heterocycles. The van der Waals surface area contributed by atoms with Crippen molar-refractivity contribution in [3.05, 3.63) is 30.1 Å². The summed E-state index contributed by atoms with van der Waals surface area (Å²) in [6.45, 7) is 0.550. The first kappa shape index (κ1) is 12.7. The zero-order valence-electron chi connectivity index (χ0n) is 10.7. The normalized spacial score (nSPS) is 26.9. The third kappa shape index (κ3) is 2.26. The molecule has 3 atom stereocenters. The van der Waals surface area contributed by atoms with Gasteiger partial charge in [-0.25, -0.2) is 9.18 Å². The molecule has 1 aliphatic heterocycles. The quantitative estimate of drug-likeness (QED) is 0.710. The van der Waals surface area contributed by atoms with Crippen LogP contribution in [0.1, 0.15) is 6.42 Å². The number of carbonyl (C=O) groups excluding carboxylic acids is 2. The summed E-state index contributed by atoms with van der Waals surface area (Å²) >= 11 is 0. The molecule has 3 amide bonds. The van der Waals surface area contributed by atoms with Crippen LogP contribution in [-0.2, 0) is 4.79 Å². The lowest BCUT2D eigenvalue weighted by Gasteiger charge is -2.24. The van der Waals surface area contributed by atoms with E-state index in [1.165, 1.54) is 29.2 Å². The Labute approximate surface area is 115 Å². The monoisotopic (exact) mass is 278 g/mol. The highest BCUT2D eigenvalue weighted by Gasteiger charge is 2.56. The summed E-state index contributed by atoms with van der Waals surface area (Å²) in [5.41, 5.74) is 11.1. The Kier molecular flexibility index (Phi) is 2.96. The number of likely N-dealkylation sites (tertiary alicyclic amines) is 1. The van der Waals surface area contributed by atoms with Crippen LogP contribution in [0.25, 0.3) is 0 Å². The molecule has 2 aliphatic rings. The van der Waals surface area contributed by atoms with Crippen LogP contribution in [0.3, 0.4) is 0 Å². The molecule has 7 heteroatoms. The highest BCUT2D eigenvalue weighted by atomic mass is 19.1. The third-order valence-corrected chi connectivity index (χ3v) is 3.88. The average molecular weight is 278 g/mol. The van der Waals surface area contributed by atoms with Crippen molar-refractivity contribution in [3.63, 3.8) is 0 Å². The number of hydrazine groups is 1. The predicted octanol–water partition coefficient (Wildman–Crippen LogP) is 0.668. The van der Waals surface area contributed by atoms with Gasteiger partial charge >= 0.3 is 6.03 Å². The summed E-state index contributed by atoms with van der Waals surface area (Å²) in [6, 6.07) is 4.52. The summed E-state index contributed by atoms with van der Waals surface area (Å²) in [6.07, 6.45) is 0.957. The maximum Gasteiger partial charge on any atom is 0.315 e. The van der Waals surface area contributed by atoms with Crippen molar-refractivity contribution in [2.24, 2.45) is 17.6 Å². The lowest BCUT2D eigenvalue weighted by Crippen LogP contribution is -2.51. The van der Waals surface area contributed by atoms with Crippen LogP contribution in [-0.4, -0.2) is 29.4 Å². The van der Waals surface area contributed by atoms with Crippen molar-refractivity contribution in [2.45, 2.75) is 12.5 Å². The molecule has 0 spiro atoms. The van der Waals surface area contributed by atoms with E-state index in [0.29, 0.717) is 18.2 Å². The Bertz CT molecular complexity index is 548. The van der Waals surface area contributed by atoms with Gasteiger partial charge in [0.2, 0.25) is 0 Å². The van der Waals surface area contributed by atoms with Crippen molar-refractivity contribution >= 4 is 17.6 Å². The number of hydrogen-bond acceptors (Lipinski definition) is 3. The van der Waals surface area contributed by atoms with E-state index in [-0.39, 0.29) is 17.6 Å². The first-order valence-corrected chi connectivity index (χ1v) is 6.44. The van der Waals surface area contributed by atoms with Crippen molar-refractivity contribution in [2.75, 3.05) is 12.0 Å². The molecule has 20 heavy (non-hydrogen) atoms. The van der Waals surface area contributed by atoms with Crippen LogP contribution in [0.2, 0.25) is 0 Å². The number of halogens is 1. The highest BCUT2D eigenvalue weighted by Crippen LogP contribution is 2.49. The van der Waals surface area contributed by atoms with E-state index >= 15 is 0 Å². The third-order valence-electron chi connectivity index (χ3n) is 3.88. The summed E-state index contributed by atoms with van der Waals surface area (Å²) in [4.78, 5) is 24.8. The molecule has 0 bridgehead atoms. The molecular weight excluding hydrogens is 263 g/mol. The molecule has 1 saturated carbocycles. The molecule has 1 saturated heterocycles. The van der Waals surface area contributed by atoms with Crippen LogP contribution >= 0.6 is 0 Å². The van der Waals surface area contributed by atoms with Gasteiger partial charge in [-0.2, -0.15) is 0 Å². The number of nitrogens with one attached hydrogen (secondary N) is 2. The summed E-state index contributed by atoms with van der Waals surface area (Å²) in [5.74, 6) is -0.0434. The highest BCUT2D eigenvalue weighted by molar-refractivity contribution is 5.89. The summed E-state index contributed by atoms with van der Waals surface area (Å²) < 4.78 is 12.8. The number of primary amides is 1. The van der Waals surface area contributed by atoms with E-state index in [9.17, 15) is 14.0 Å². The smallest absolute Gasteiger partial charge is 0.315 e. The van der Waals surface area contributed by atoms with Crippen LogP contribution in [0.4, 0.5) is 14.9 Å². The van der Waals surface area contributed by atoms with E-state index in [0.717, 1.165) is 6.42 Å². The fourth-order valence-electron chi connectivity index (χ4n) is 2.77. The Balaban J connectivity index is 1.61. The van der Waals surface area contributed by atoms with Crippen molar-refractivity contribution < 1.29 is 14.0 Å². The molecular formula is C13H15FN4O2. The molecule has 1 aromatic rings. The molecule has 3 rings (SSSR count). The van der Waals surface area contributed by atoms with Crippen LogP contribution in [0.15, 0.2) is 24.3 Å². The Morgan fingerprint density at radius 3 is 2.65 bits per heavy atom. The van der Waals surface area contributed by atoms with E-state index in [1.807, 2.05) is 0 Å². The first-order valence-electron chi connectivity index (χ1n) is 6.44.